The lowest BCUT2D eigenvalue weighted by Gasteiger charge is -2.30. The number of para-hydroxylation sites is 1. The van der Waals surface area contributed by atoms with Gasteiger partial charge in [-0.25, -0.2) is 8.42 Å². The number of carbonyl (C=O) groups excluding carboxylic acids is 2. The fourth-order valence-electron chi connectivity index (χ4n) is 4.42. The normalized spacial score (nSPS) is 22.2. The number of ether oxygens (including phenoxy) is 1. The number of amides is 2. The molecule has 2 amide bonds. The molecular weight excluding hydrogens is 474 g/mol. The highest BCUT2D eigenvalue weighted by molar-refractivity contribution is 8.01. The molecule has 2 aliphatic heterocycles. The number of hydrogen-bond donors (Lipinski definition) is 1. The second-order valence-electron chi connectivity index (χ2n) is 8.42. The fraction of sp³-hybridized carbons (Fsp3) is 0.417. The third-order valence-electron chi connectivity index (χ3n) is 6.27. The van der Waals surface area contributed by atoms with Crippen LogP contribution in [0.4, 0.5) is 5.69 Å². The van der Waals surface area contributed by atoms with Crippen molar-refractivity contribution in [2.24, 2.45) is 0 Å². The van der Waals surface area contributed by atoms with Gasteiger partial charge in [0.25, 0.3) is 0 Å². The Morgan fingerprint density at radius 2 is 1.91 bits per heavy atom. The summed E-state index contributed by atoms with van der Waals surface area (Å²) in [5.74, 6) is 0.962. The van der Waals surface area contributed by atoms with E-state index in [0.717, 1.165) is 0 Å². The lowest BCUT2D eigenvalue weighted by Crippen LogP contribution is -2.48. The van der Waals surface area contributed by atoms with Gasteiger partial charge in [0.15, 0.2) is 5.75 Å². The lowest BCUT2D eigenvalue weighted by molar-refractivity contribution is -0.135. The van der Waals surface area contributed by atoms with Crippen molar-refractivity contribution in [2.45, 2.75) is 49.4 Å². The summed E-state index contributed by atoms with van der Waals surface area (Å²) in [4.78, 5) is 27.2. The SMILES string of the molecule is CCN(CC)S(=O)(=O)c1ccc(Oc2ccccc2)c(NC(=O)[C@@H]2CS[C@@]3(C)CCC(=O)N23)c1. The lowest BCUT2D eigenvalue weighted by atomic mass is 10.2. The maximum atomic E-state index is 13.3. The first-order chi connectivity index (χ1) is 16.2. The molecule has 2 aliphatic rings. The molecule has 2 aromatic rings. The van der Waals surface area contributed by atoms with Crippen LogP contribution < -0.4 is 10.1 Å². The monoisotopic (exact) mass is 503 g/mol. The minimum absolute atomic E-state index is 0.0359. The number of rotatable bonds is 8. The van der Waals surface area contributed by atoms with E-state index in [9.17, 15) is 18.0 Å². The number of nitrogens with one attached hydrogen (secondary N) is 1. The summed E-state index contributed by atoms with van der Waals surface area (Å²) >= 11 is 1.60. The number of benzene rings is 2. The van der Waals surface area contributed by atoms with E-state index in [0.29, 0.717) is 43.2 Å². The van der Waals surface area contributed by atoms with Crippen LogP contribution in [0.15, 0.2) is 53.4 Å². The molecule has 0 aromatic heterocycles. The predicted octanol–water partition coefficient (Wildman–Crippen LogP) is 3.90. The Morgan fingerprint density at radius 1 is 1.21 bits per heavy atom. The molecule has 34 heavy (non-hydrogen) atoms. The van der Waals surface area contributed by atoms with Crippen LogP contribution in [0.1, 0.15) is 33.6 Å². The smallest absolute Gasteiger partial charge is 0.248 e. The molecule has 182 valence electrons. The quantitative estimate of drug-likeness (QED) is 0.587. The zero-order valence-electron chi connectivity index (χ0n) is 19.5. The van der Waals surface area contributed by atoms with Crippen LogP contribution in [0.3, 0.4) is 0 Å². The van der Waals surface area contributed by atoms with E-state index in [1.54, 1.807) is 48.7 Å². The highest BCUT2D eigenvalue weighted by Gasteiger charge is 2.53. The number of hydrogen-bond acceptors (Lipinski definition) is 6. The van der Waals surface area contributed by atoms with Crippen molar-refractivity contribution in [3.63, 3.8) is 0 Å². The highest BCUT2D eigenvalue weighted by Crippen LogP contribution is 2.47. The van der Waals surface area contributed by atoms with Crippen molar-refractivity contribution in [3.05, 3.63) is 48.5 Å². The van der Waals surface area contributed by atoms with E-state index < -0.39 is 16.1 Å². The number of thioether (sulfide) groups is 1. The Morgan fingerprint density at radius 3 is 2.59 bits per heavy atom. The van der Waals surface area contributed by atoms with Gasteiger partial charge in [-0.2, -0.15) is 4.31 Å². The van der Waals surface area contributed by atoms with Crippen molar-refractivity contribution in [3.8, 4) is 11.5 Å². The summed E-state index contributed by atoms with van der Waals surface area (Å²) in [6.07, 6.45) is 1.13. The van der Waals surface area contributed by atoms with Crippen molar-refractivity contribution in [2.75, 3.05) is 24.2 Å². The molecule has 0 saturated carbocycles. The highest BCUT2D eigenvalue weighted by atomic mass is 32.2. The van der Waals surface area contributed by atoms with Crippen molar-refractivity contribution in [1.29, 1.82) is 0 Å². The average Bonchev–Trinajstić information content (AvgIpc) is 3.31. The molecule has 10 heteroatoms. The number of fused-ring (bicyclic) bond motifs is 1. The van der Waals surface area contributed by atoms with Crippen LogP contribution in [-0.2, 0) is 19.6 Å². The van der Waals surface area contributed by atoms with Crippen molar-refractivity contribution >= 4 is 39.3 Å². The van der Waals surface area contributed by atoms with Crippen LogP contribution in [0.2, 0.25) is 0 Å². The van der Waals surface area contributed by atoms with Crippen LogP contribution in [0.5, 0.6) is 11.5 Å². The molecule has 0 bridgehead atoms. The maximum Gasteiger partial charge on any atom is 0.248 e. The molecule has 2 fully saturated rings. The molecule has 8 nitrogen and oxygen atoms in total. The topological polar surface area (TPSA) is 96.0 Å². The summed E-state index contributed by atoms with van der Waals surface area (Å²) in [5, 5.41) is 2.86. The second-order valence-corrected chi connectivity index (χ2v) is 11.9. The van der Waals surface area contributed by atoms with Crippen molar-refractivity contribution < 1.29 is 22.7 Å². The van der Waals surface area contributed by atoms with E-state index in [-0.39, 0.29) is 27.3 Å². The van der Waals surface area contributed by atoms with Gasteiger partial charge in [-0.05, 0) is 43.7 Å². The molecule has 0 radical (unpaired) electrons. The number of sulfonamides is 1. The fourth-order valence-corrected chi connectivity index (χ4v) is 7.33. The molecule has 1 N–H and O–H groups in total. The van der Waals surface area contributed by atoms with Crippen LogP contribution >= 0.6 is 11.8 Å². The molecular formula is C24H29N3O5S2. The van der Waals surface area contributed by atoms with E-state index in [1.807, 2.05) is 25.1 Å². The van der Waals surface area contributed by atoms with E-state index >= 15 is 0 Å². The minimum Gasteiger partial charge on any atom is -0.455 e. The predicted molar refractivity (Wildman–Crippen MR) is 132 cm³/mol. The molecule has 0 aliphatic carbocycles. The van der Waals surface area contributed by atoms with Gasteiger partial charge in [0.05, 0.1) is 15.5 Å². The number of carbonyl (C=O) groups is 2. The van der Waals surface area contributed by atoms with E-state index in [4.69, 9.17) is 4.74 Å². The Kier molecular flexibility index (Phi) is 6.93. The van der Waals surface area contributed by atoms with Gasteiger partial charge in [-0.3, -0.25) is 9.59 Å². The summed E-state index contributed by atoms with van der Waals surface area (Å²) in [6.45, 7) is 6.20. The van der Waals surface area contributed by atoms with Crippen LogP contribution in [-0.4, -0.2) is 59.2 Å². The second kappa shape index (κ2) is 9.59. The Balaban J connectivity index is 1.68. The summed E-state index contributed by atoms with van der Waals surface area (Å²) in [7, 11) is -3.74. The molecule has 2 saturated heterocycles. The number of anilines is 1. The molecule has 2 atom stereocenters. The first-order valence-electron chi connectivity index (χ1n) is 11.3. The van der Waals surface area contributed by atoms with Crippen LogP contribution in [0, 0.1) is 0 Å². The van der Waals surface area contributed by atoms with Gasteiger partial charge in [-0.15, -0.1) is 11.8 Å². The van der Waals surface area contributed by atoms with Crippen LogP contribution in [0.25, 0.3) is 0 Å². The van der Waals surface area contributed by atoms with Gasteiger partial charge < -0.3 is 15.0 Å². The summed E-state index contributed by atoms with van der Waals surface area (Å²) in [5.41, 5.74) is 0.243. The van der Waals surface area contributed by atoms with Gasteiger partial charge in [0.2, 0.25) is 21.8 Å². The zero-order chi connectivity index (χ0) is 24.5. The zero-order valence-corrected chi connectivity index (χ0v) is 21.1. The minimum atomic E-state index is -3.74. The summed E-state index contributed by atoms with van der Waals surface area (Å²) in [6, 6.07) is 12.9. The molecule has 4 rings (SSSR count). The molecule has 2 aromatic carbocycles. The standard InChI is InChI=1S/C24H29N3O5S2/c1-4-26(5-2)34(30,31)18-11-12-21(32-17-9-7-6-8-10-17)19(15-18)25-23(29)20-16-33-24(3)14-13-22(28)27(20)24/h6-12,15,20H,4-5,13-14,16H2,1-3H3,(H,25,29)/t20-,24-/m0/s1. The van der Waals surface area contributed by atoms with Gasteiger partial charge >= 0.3 is 0 Å². The van der Waals surface area contributed by atoms with E-state index in [1.165, 1.54) is 16.4 Å². The molecule has 2 heterocycles. The van der Waals surface area contributed by atoms with Crippen molar-refractivity contribution in [1.82, 2.24) is 9.21 Å². The Bertz CT molecular complexity index is 1180. The third kappa shape index (κ3) is 4.54. The Hall–Kier alpha value is -2.56. The molecule has 0 unspecified atom stereocenters. The Labute approximate surface area is 204 Å². The third-order valence-corrected chi connectivity index (χ3v) is 9.82. The average molecular weight is 504 g/mol. The number of nitrogens with zero attached hydrogens (tertiary/aromatic N) is 2. The van der Waals surface area contributed by atoms with Gasteiger partial charge in [0, 0.05) is 25.3 Å². The molecule has 0 spiro atoms. The van der Waals surface area contributed by atoms with E-state index in [2.05, 4.69) is 5.32 Å². The first kappa shape index (κ1) is 24.6. The largest absolute Gasteiger partial charge is 0.455 e. The summed E-state index contributed by atoms with van der Waals surface area (Å²) < 4.78 is 33.5. The van der Waals surface area contributed by atoms with Gasteiger partial charge in [0.1, 0.15) is 11.8 Å². The maximum absolute atomic E-state index is 13.3. The first-order valence-corrected chi connectivity index (χ1v) is 13.8. The van der Waals surface area contributed by atoms with Gasteiger partial charge in [-0.1, -0.05) is 32.0 Å².